The molecule has 3 aliphatic carbocycles. The van der Waals surface area contributed by atoms with Crippen molar-refractivity contribution in [1.29, 1.82) is 0 Å². The van der Waals surface area contributed by atoms with Crippen molar-refractivity contribution in [2.24, 2.45) is 35.5 Å². The van der Waals surface area contributed by atoms with Crippen LogP contribution in [-0.4, -0.2) is 0 Å². The average Bonchev–Trinajstić information content (AvgIpc) is 3.29. The van der Waals surface area contributed by atoms with E-state index in [-0.39, 0.29) is 40.8 Å². The summed E-state index contributed by atoms with van der Waals surface area (Å²) in [4.78, 5) is 0. The van der Waals surface area contributed by atoms with Crippen LogP contribution in [0.3, 0.4) is 0 Å². The zero-order valence-corrected chi connectivity index (χ0v) is 21.7. The molecule has 0 saturated heterocycles. The molecule has 0 aromatic heterocycles. The van der Waals surface area contributed by atoms with Gasteiger partial charge in [-0.1, -0.05) is 119 Å². The summed E-state index contributed by atoms with van der Waals surface area (Å²) in [5.41, 5.74) is 0. The molecule has 25 heavy (non-hydrogen) atoms. The van der Waals surface area contributed by atoms with E-state index in [0.29, 0.717) is 0 Å². The molecule has 0 aromatic carbocycles. The van der Waals surface area contributed by atoms with E-state index in [4.69, 9.17) is 0 Å². The fourth-order valence-electron chi connectivity index (χ4n) is 4.87. The average molecular weight is 481 g/mol. The third-order valence-electron chi connectivity index (χ3n) is 7.03. The van der Waals surface area contributed by atoms with Crippen LogP contribution in [0.5, 0.6) is 0 Å². The molecule has 0 N–H and O–H groups in total. The molecule has 1 heteroatoms. The SMILES string of the molecule is CC(C)C1CCCC1.CC(C)C1CCCC1.CC(C)C1CCCC1.[Nd]. The van der Waals surface area contributed by atoms with E-state index in [1.165, 1.54) is 77.0 Å². The molecule has 0 unspecified atom stereocenters. The molecule has 3 fully saturated rings. The molecule has 0 spiro atoms. The van der Waals surface area contributed by atoms with Gasteiger partial charge in [0.15, 0.2) is 0 Å². The summed E-state index contributed by atoms with van der Waals surface area (Å²) in [6, 6.07) is 0. The van der Waals surface area contributed by atoms with E-state index in [2.05, 4.69) is 41.5 Å². The zero-order chi connectivity index (χ0) is 17.9. The van der Waals surface area contributed by atoms with Gasteiger partial charge in [-0.05, 0) is 35.5 Å². The maximum Gasteiger partial charge on any atom is 0 e. The third kappa shape index (κ3) is 11.7. The molecule has 0 heterocycles. The second-order valence-corrected chi connectivity index (χ2v) is 9.87. The first kappa shape index (κ1) is 26.4. The molecule has 0 aliphatic heterocycles. The molecule has 3 rings (SSSR count). The smallest absolute Gasteiger partial charge is 0 e. The van der Waals surface area contributed by atoms with E-state index in [0.717, 1.165) is 35.5 Å². The minimum Gasteiger partial charge on any atom is -0.0625 e. The first-order chi connectivity index (χ1) is 11.4. The van der Waals surface area contributed by atoms with Gasteiger partial charge in [-0.2, -0.15) is 0 Å². The maximum atomic E-state index is 2.34. The molecule has 148 valence electrons. The summed E-state index contributed by atoms with van der Waals surface area (Å²) >= 11 is 0. The summed E-state index contributed by atoms with van der Waals surface area (Å²) in [5, 5.41) is 0. The van der Waals surface area contributed by atoms with Crippen molar-refractivity contribution in [3.8, 4) is 0 Å². The van der Waals surface area contributed by atoms with Crippen molar-refractivity contribution in [2.45, 2.75) is 119 Å². The van der Waals surface area contributed by atoms with Crippen molar-refractivity contribution in [1.82, 2.24) is 0 Å². The van der Waals surface area contributed by atoms with Gasteiger partial charge in [0.25, 0.3) is 0 Å². The Morgan fingerprint density at radius 3 is 0.640 bits per heavy atom. The Morgan fingerprint density at radius 2 is 0.560 bits per heavy atom. The van der Waals surface area contributed by atoms with Gasteiger partial charge in [0.05, 0.1) is 0 Å². The van der Waals surface area contributed by atoms with E-state index in [1.807, 2.05) is 0 Å². The van der Waals surface area contributed by atoms with E-state index >= 15 is 0 Å². The monoisotopic (exact) mass is 478 g/mol. The molecular formula is C24H48Nd. The molecule has 0 nitrogen and oxygen atoms in total. The quantitative estimate of drug-likeness (QED) is 0.380. The standard InChI is InChI=1S/3C8H16.Nd/c3*1-7(2)8-5-3-4-6-8;/h3*7-8H,3-6H2,1-2H3;. The van der Waals surface area contributed by atoms with Crippen molar-refractivity contribution in [2.75, 3.05) is 0 Å². The first-order valence-corrected chi connectivity index (χ1v) is 11.4. The minimum atomic E-state index is 0. The largest absolute Gasteiger partial charge is 0.0625 e. The van der Waals surface area contributed by atoms with Gasteiger partial charge >= 0.3 is 0 Å². The maximum absolute atomic E-state index is 2.34. The third-order valence-corrected chi connectivity index (χ3v) is 7.03. The molecule has 3 aliphatic rings. The topological polar surface area (TPSA) is 0 Å². The van der Waals surface area contributed by atoms with Crippen LogP contribution in [0, 0.1) is 76.3 Å². The van der Waals surface area contributed by atoms with Crippen LogP contribution in [0.2, 0.25) is 0 Å². The predicted octanol–water partition coefficient (Wildman–Crippen LogP) is 8.50. The van der Waals surface area contributed by atoms with Crippen molar-refractivity contribution < 1.29 is 40.8 Å². The molecule has 0 radical (unpaired) electrons. The number of rotatable bonds is 3. The Hall–Kier alpha value is 1.35. The van der Waals surface area contributed by atoms with Crippen LogP contribution in [0.4, 0.5) is 0 Å². The van der Waals surface area contributed by atoms with Crippen LogP contribution >= 0.6 is 0 Å². The normalized spacial score (nSPS) is 22.0. The second kappa shape index (κ2) is 15.3. The predicted molar refractivity (Wildman–Crippen MR) is 110 cm³/mol. The van der Waals surface area contributed by atoms with Gasteiger partial charge in [-0.25, -0.2) is 0 Å². The Balaban J connectivity index is 0.000000339. The summed E-state index contributed by atoms with van der Waals surface area (Å²) in [5.74, 6) is 6.02. The van der Waals surface area contributed by atoms with Gasteiger partial charge in [0.1, 0.15) is 0 Å². The summed E-state index contributed by atoms with van der Waals surface area (Å²) in [6.45, 7) is 14.1. The van der Waals surface area contributed by atoms with Gasteiger partial charge < -0.3 is 0 Å². The first-order valence-electron chi connectivity index (χ1n) is 11.4. The number of hydrogen-bond acceptors (Lipinski definition) is 0. The van der Waals surface area contributed by atoms with Crippen LogP contribution in [0.15, 0.2) is 0 Å². The minimum absolute atomic E-state index is 0. The Kier molecular flexibility index (Phi) is 16.1. The molecule has 0 atom stereocenters. The van der Waals surface area contributed by atoms with Gasteiger partial charge in [-0.15, -0.1) is 0 Å². The van der Waals surface area contributed by atoms with E-state index in [9.17, 15) is 0 Å². The van der Waals surface area contributed by atoms with Crippen LogP contribution in [0.25, 0.3) is 0 Å². The zero-order valence-electron chi connectivity index (χ0n) is 18.4. The van der Waals surface area contributed by atoms with Gasteiger partial charge in [0.2, 0.25) is 0 Å². The summed E-state index contributed by atoms with van der Waals surface area (Å²) in [6.07, 6.45) is 17.9. The number of hydrogen-bond donors (Lipinski definition) is 0. The summed E-state index contributed by atoms with van der Waals surface area (Å²) < 4.78 is 0. The van der Waals surface area contributed by atoms with Crippen molar-refractivity contribution in [3.05, 3.63) is 0 Å². The van der Waals surface area contributed by atoms with Crippen LogP contribution in [0.1, 0.15) is 119 Å². The van der Waals surface area contributed by atoms with Crippen molar-refractivity contribution >= 4 is 0 Å². The van der Waals surface area contributed by atoms with Gasteiger partial charge in [0, 0.05) is 40.8 Å². The molecule has 0 bridgehead atoms. The van der Waals surface area contributed by atoms with E-state index < -0.39 is 0 Å². The van der Waals surface area contributed by atoms with Gasteiger partial charge in [-0.3, -0.25) is 0 Å². The Bertz CT molecular complexity index is 229. The molecule has 3 saturated carbocycles. The fourth-order valence-corrected chi connectivity index (χ4v) is 4.87. The second-order valence-electron chi connectivity index (χ2n) is 9.87. The Labute approximate surface area is 193 Å². The summed E-state index contributed by atoms with van der Waals surface area (Å²) in [7, 11) is 0. The fraction of sp³-hybridized carbons (Fsp3) is 1.00. The molecule has 0 amide bonds. The van der Waals surface area contributed by atoms with Crippen LogP contribution in [-0.2, 0) is 0 Å². The molecular weight excluding hydrogens is 433 g/mol. The van der Waals surface area contributed by atoms with Crippen LogP contribution < -0.4 is 0 Å². The van der Waals surface area contributed by atoms with Crippen molar-refractivity contribution in [3.63, 3.8) is 0 Å². The van der Waals surface area contributed by atoms with E-state index in [1.54, 1.807) is 0 Å². The molecule has 0 aromatic rings. The Morgan fingerprint density at radius 1 is 0.400 bits per heavy atom.